The third-order valence-corrected chi connectivity index (χ3v) is 5.30. The van der Waals surface area contributed by atoms with Crippen LogP contribution in [0.5, 0.6) is 11.5 Å². The highest BCUT2D eigenvalue weighted by Crippen LogP contribution is 2.48. The van der Waals surface area contributed by atoms with E-state index in [9.17, 15) is 14.7 Å². The van der Waals surface area contributed by atoms with E-state index in [2.05, 4.69) is 11.4 Å². The lowest BCUT2D eigenvalue weighted by atomic mass is 9.66. The molecule has 0 saturated heterocycles. The van der Waals surface area contributed by atoms with Gasteiger partial charge < -0.3 is 19.9 Å². The number of methoxy groups -OCH3 is 1. The van der Waals surface area contributed by atoms with Crippen molar-refractivity contribution in [1.29, 1.82) is 0 Å². The molecule has 1 aromatic carbocycles. The summed E-state index contributed by atoms with van der Waals surface area (Å²) < 4.78 is 10.5. The Kier molecular flexibility index (Phi) is 5.24. The summed E-state index contributed by atoms with van der Waals surface area (Å²) in [5.74, 6) is -1.09. The van der Waals surface area contributed by atoms with Crippen LogP contribution in [0.25, 0.3) is 0 Å². The molecule has 0 saturated carbocycles. The van der Waals surface area contributed by atoms with Crippen molar-refractivity contribution in [2.45, 2.75) is 40.0 Å². The highest BCUT2D eigenvalue weighted by Gasteiger charge is 2.46. The van der Waals surface area contributed by atoms with Crippen molar-refractivity contribution >= 4 is 11.8 Å². The molecule has 150 valence electrons. The number of Topliss-reactive ketones (excluding diaryl/α,β-unsaturated/α-hetero) is 1. The van der Waals surface area contributed by atoms with Crippen LogP contribution in [0.4, 0.5) is 0 Å². The monoisotopic (exact) mass is 385 g/mol. The number of phenols is 1. The quantitative estimate of drug-likeness (QED) is 0.773. The Morgan fingerprint density at radius 2 is 2.04 bits per heavy atom. The molecule has 0 amide bonds. The fraction of sp³-hybridized carbons (Fsp3) is 0.455. The molecule has 0 fully saturated rings. The van der Waals surface area contributed by atoms with Gasteiger partial charge in [0.2, 0.25) is 0 Å². The van der Waals surface area contributed by atoms with Gasteiger partial charge in [-0.1, -0.05) is 26.0 Å². The zero-order valence-electron chi connectivity index (χ0n) is 17.0. The van der Waals surface area contributed by atoms with Gasteiger partial charge in [0.05, 0.1) is 25.2 Å². The number of aromatic hydroxyl groups is 1. The van der Waals surface area contributed by atoms with E-state index in [1.165, 1.54) is 13.2 Å². The van der Waals surface area contributed by atoms with E-state index in [0.717, 1.165) is 11.3 Å². The number of esters is 1. The van der Waals surface area contributed by atoms with Crippen molar-refractivity contribution in [1.82, 2.24) is 5.32 Å². The first-order valence-corrected chi connectivity index (χ1v) is 9.45. The maximum absolute atomic E-state index is 13.1. The van der Waals surface area contributed by atoms with Crippen molar-refractivity contribution < 1.29 is 24.2 Å². The summed E-state index contributed by atoms with van der Waals surface area (Å²) >= 11 is 0. The minimum Gasteiger partial charge on any atom is -0.504 e. The van der Waals surface area contributed by atoms with Gasteiger partial charge in [-0.15, -0.1) is 0 Å². The number of nitrogens with one attached hydrogen (secondary N) is 1. The first-order chi connectivity index (χ1) is 13.2. The van der Waals surface area contributed by atoms with E-state index in [4.69, 9.17) is 9.47 Å². The lowest BCUT2D eigenvalue weighted by Gasteiger charge is -2.41. The standard InChI is InChI=1S/C22H27NO5/c1-6-28-21(26)18-12(2)23-14-10-22(3,4)11-16(25)20(14)19(18)13-7-8-15(24)17(9-13)27-5/h7-10,19-20,23-24H,6,11H2,1-5H3. The smallest absolute Gasteiger partial charge is 0.336 e. The van der Waals surface area contributed by atoms with Gasteiger partial charge in [0, 0.05) is 23.7 Å². The van der Waals surface area contributed by atoms with Crippen LogP contribution in [0.15, 0.2) is 41.2 Å². The molecule has 2 N–H and O–H groups in total. The molecule has 0 radical (unpaired) electrons. The van der Waals surface area contributed by atoms with Gasteiger partial charge in [-0.25, -0.2) is 4.79 Å². The molecular formula is C22H27NO5. The molecule has 1 aliphatic carbocycles. The lowest BCUT2D eigenvalue weighted by Crippen LogP contribution is -2.43. The summed E-state index contributed by atoms with van der Waals surface area (Å²) in [6.45, 7) is 7.86. The third kappa shape index (κ3) is 3.51. The van der Waals surface area contributed by atoms with E-state index in [1.54, 1.807) is 19.1 Å². The van der Waals surface area contributed by atoms with E-state index >= 15 is 0 Å². The Hall–Kier alpha value is -2.76. The SMILES string of the molecule is CCOC(=O)C1=C(C)NC2=CC(C)(C)CC(=O)C2C1c1ccc(O)c(OC)c1. The number of ketones is 1. The van der Waals surface area contributed by atoms with Crippen molar-refractivity contribution in [2.24, 2.45) is 11.3 Å². The predicted molar refractivity (Wildman–Crippen MR) is 105 cm³/mol. The summed E-state index contributed by atoms with van der Waals surface area (Å²) in [6.07, 6.45) is 2.47. The number of hydrogen-bond acceptors (Lipinski definition) is 6. The zero-order valence-corrected chi connectivity index (χ0v) is 17.0. The van der Waals surface area contributed by atoms with E-state index in [1.807, 2.05) is 20.8 Å². The average Bonchev–Trinajstić information content (AvgIpc) is 2.60. The van der Waals surface area contributed by atoms with Crippen LogP contribution in [0.2, 0.25) is 0 Å². The molecule has 3 rings (SSSR count). The molecule has 1 aliphatic heterocycles. The van der Waals surface area contributed by atoms with Gasteiger partial charge in [0.15, 0.2) is 11.5 Å². The number of hydrogen-bond donors (Lipinski definition) is 2. The zero-order chi connectivity index (χ0) is 20.6. The largest absolute Gasteiger partial charge is 0.504 e. The van der Waals surface area contributed by atoms with Gasteiger partial charge in [-0.3, -0.25) is 4.79 Å². The topological polar surface area (TPSA) is 84.9 Å². The van der Waals surface area contributed by atoms with Crippen LogP contribution >= 0.6 is 0 Å². The number of phenolic OH excluding ortho intramolecular Hbond substituents is 1. The van der Waals surface area contributed by atoms with Gasteiger partial charge in [-0.2, -0.15) is 0 Å². The summed E-state index contributed by atoms with van der Waals surface area (Å²) in [4.78, 5) is 25.9. The number of benzene rings is 1. The van der Waals surface area contributed by atoms with Gasteiger partial charge in [-0.05, 0) is 37.0 Å². The van der Waals surface area contributed by atoms with Crippen molar-refractivity contribution in [3.05, 3.63) is 46.8 Å². The van der Waals surface area contributed by atoms with Gasteiger partial charge >= 0.3 is 5.97 Å². The Bertz CT molecular complexity index is 881. The molecule has 6 heteroatoms. The van der Waals surface area contributed by atoms with Gasteiger partial charge in [0.1, 0.15) is 5.78 Å². The molecule has 2 unspecified atom stereocenters. The van der Waals surface area contributed by atoms with Crippen molar-refractivity contribution in [3.8, 4) is 11.5 Å². The second kappa shape index (κ2) is 7.34. The second-order valence-corrected chi connectivity index (χ2v) is 8.00. The van der Waals surface area contributed by atoms with Gasteiger partial charge in [0.25, 0.3) is 0 Å². The summed E-state index contributed by atoms with van der Waals surface area (Å²) in [5.41, 5.74) is 2.38. The van der Waals surface area contributed by atoms with Crippen LogP contribution in [0.1, 0.15) is 45.6 Å². The fourth-order valence-electron chi connectivity index (χ4n) is 4.19. The highest BCUT2D eigenvalue weighted by molar-refractivity contribution is 5.96. The molecule has 0 aromatic heterocycles. The molecule has 28 heavy (non-hydrogen) atoms. The number of rotatable bonds is 4. The van der Waals surface area contributed by atoms with Crippen molar-refractivity contribution in [2.75, 3.05) is 13.7 Å². The molecule has 6 nitrogen and oxygen atoms in total. The predicted octanol–water partition coefficient (Wildman–Crippen LogP) is 3.42. The first-order valence-electron chi connectivity index (χ1n) is 9.45. The van der Waals surface area contributed by atoms with Crippen molar-refractivity contribution in [3.63, 3.8) is 0 Å². The second-order valence-electron chi connectivity index (χ2n) is 8.00. The Morgan fingerprint density at radius 3 is 2.68 bits per heavy atom. The van der Waals surface area contributed by atoms with Crippen LogP contribution < -0.4 is 10.1 Å². The third-order valence-electron chi connectivity index (χ3n) is 5.30. The number of ether oxygens (including phenoxy) is 2. The van der Waals surface area contributed by atoms with E-state index in [0.29, 0.717) is 23.4 Å². The number of fused-ring (bicyclic) bond motifs is 1. The number of carbonyl (C=O) groups is 2. The maximum atomic E-state index is 13.1. The fourth-order valence-corrected chi connectivity index (χ4v) is 4.19. The normalized spacial score (nSPS) is 23.5. The van der Waals surface area contributed by atoms with Crippen LogP contribution in [-0.4, -0.2) is 30.6 Å². The summed E-state index contributed by atoms with van der Waals surface area (Å²) in [7, 11) is 1.47. The molecule has 0 bridgehead atoms. The highest BCUT2D eigenvalue weighted by atomic mass is 16.5. The summed E-state index contributed by atoms with van der Waals surface area (Å²) in [6, 6.07) is 4.93. The molecule has 2 aliphatic rings. The minimum atomic E-state index is -0.510. The molecular weight excluding hydrogens is 358 g/mol. The van der Waals surface area contributed by atoms with E-state index in [-0.39, 0.29) is 23.6 Å². The molecule has 1 aromatic rings. The number of allylic oxidation sites excluding steroid dienone is 3. The maximum Gasteiger partial charge on any atom is 0.336 e. The minimum absolute atomic E-state index is 0.00504. The van der Waals surface area contributed by atoms with Crippen LogP contribution in [-0.2, 0) is 14.3 Å². The molecule has 1 heterocycles. The van der Waals surface area contributed by atoms with Crippen LogP contribution in [0, 0.1) is 11.3 Å². The first kappa shape index (κ1) is 20.0. The number of carbonyl (C=O) groups excluding carboxylic acids is 2. The molecule has 0 spiro atoms. The van der Waals surface area contributed by atoms with Crippen LogP contribution in [0.3, 0.4) is 0 Å². The average molecular weight is 385 g/mol. The summed E-state index contributed by atoms with van der Waals surface area (Å²) in [5, 5.41) is 13.3. The van der Waals surface area contributed by atoms with E-state index < -0.39 is 17.8 Å². The Balaban J connectivity index is 2.21. The Morgan fingerprint density at radius 1 is 1.32 bits per heavy atom. The lowest BCUT2D eigenvalue weighted by molar-refractivity contribution is -0.139. The molecule has 2 atom stereocenters. The Labute approximate surface area is 165 Å².